The maximum atomic E-state index is 5.21. The standard InChI is InChI=1S/C7H14O2S2.Pt/c1-2-3-4-8-5-6-9-7(10)11;/h2-6H2,1H3,(H,10,11);. The van der Waals surface area contributed by atoms with Crippen molar-refractivity contribution in [3.05, 3.63) is 0 Å². The van der Waals surface area contributed by atoms with Crippen molar-refractivity contribution in [2.45, 2.75) is 19.8 Å². The molecule has 0 saturated heterocycles. The molecule has 0 N–H and O–H groups in total. The molecule has 12 heavy (non-hydrogen) atoms. The van der Waals surface area contributed by atoms with Crippen LogP contribution in [0.15, 0.2) is 0 Å². The number of thiol groups is 1. The quantitative estimate of drug-likeness (QED) is 0.426. The van der Waals surface area contributed by atoms with Gasteiger partial charge in [0.2, 0.25) is 4.38 Å². The molecule has 5 heteroatoms. The van der Waals surface area contributed by atoms with Gasteiger partial charge in [0.1, 0.15) is 6.61 Å². The number of unbranched alkanes of at least 4 members (excludes halogenated alkanes) is 1. The van der Waals surface area contributed by atoms with Gasteiger partial charge in [-0.25, -0.2) is 0 Å². The molecule has 0 amide bonds. The average Bonchev–Trinajstić information content (AvgIpc) is 1.96. The second kappa shape index (κ2) is 11.9. The normalized spacial score (nSPS) is 8.83. The molecule has 0 aliphatic rings. The van der Waals surface area contributed by atoms with Crippen molar-refractivity contribution < 1.29 is 30.5 Å². The minimum Gasteiger partial charge on any atom is -0.476 e. The largest absolute Gasteiger partial charge is 0.476 e. The van der Waals surface area contributed by atoms with E-state index in [0.29, 0.717) is 13.2 Å². The van der Waals surface area contributed by atoms with Gasteiger partial charge in [0.25, 0.3) is 0 Å². The van der Waals surface area contributed by atoms with E-state index < -0.39 is 0 Å². The van der Waals surface area contributed by atoms with Crippen molar-refractivity contribution >= 4 is 29.2 Å². The van der Waals surface area contributed by atoms with Crippen LogP contribution in [0.25, 0.3) is 0 Å². The Bertz CT molecular complexity index is 112. The van der Waals surface area contributed by atoms with Gasteiger partial charge < -0.3 is 9.47 Å². The third-order valence-electron chi connectivity index (χ3n) is 1.10. The second-order valence-electron chi connectivity index (χ2n) is 2.08. The first kappa shape index (κ1) is 15.4. The van der Waals surface area contributed by atoms with Crippen molar-refractivity contribution in [1.82, 2.24) is 0 Å². The SMILES string of the molecule is CCCCOCCOC(=S)S.[Pt]. The summed E-state index contributed by atoms with van der Waals surface area (Å²) in [5.41, 5.74) is 0. The molecule has 0 rings (SSSR count). The van der Waals surface area contributed by atoms with Crippen molar-refractivity contribution in [2.75, 3.05) is 19.8 Å². The fourth-order valence-corrected chi connectivity index (χ4v) is 0.711. The molecule has 0 unspecified atom stereocenters. The Hall–Kier alpha value is 0.888. The molecule has 0 aromatic carbocycles. The average molecular weight is 389 g/mol. The van der Waals surface area contributed by atoms with E-state index in [4.69, 9.17) is 9.47 Å². The number of hydrogen-bond acceptors (Lipinski definition) is 3. The fourth-order valence-electron chi connectivity index (χ4n) is 0.536. The minimum atomic E-state index is 0. The summed E-state index contributed by atoms with van der Waals surface area (Å²) in [5, 5.41) is 0. The van der Waals surface area contributed by atoms with Crippen LogP contribution in [0.2, 0.25) is 0 Å². The minimum absolute atomic E-state index is 0. The molecule has 0 spiro atoms. The van der Waals surface area contributed by atoms with Crippen LogP contribution in [0.1, 0.15) is 19.8 Å². The monoisotopic (exact) mass is 389 g/mol. The van der Waals surface area contributed by atoms with Crippen molar-refractivity contribution in [2.24, 2.45) is 0 Å². The Morgan fingerprint density at radius 2 is 2.00 bits per heavy atom. The van der Waals surface area contributed by atoms with E-state index in [-0.39, 0.29) is 25.4 Å². The third-order valence-corrected chi connectivity index (χ3v) is 1.34. The summed E-state index contributed by atoms with van der Waals surface area (Å²) in [6.07, 6.45) is 2.26. The van der Waals surface area contributed by atoms with Crippen LogP contribution in [-0.4, -0.2) is 24.2 Å². The van der Waals surface area contributed by atoms with E-state index in [9.17, 15) is 0 Å². The Labute approximate surface area is 99.1 Å². The zero-order chi connectivity index (χ0) is 8.53. The predicted octanol–water partition coefficient (Wildman–Crippen LogP) is 2.03. The molecule has 0 bridgehead atoms. The van der Waals surface area contributed by atoms with Gasteiger partial charge in [-0.3, -0.25) is 0 Å². The van der Waals surface area contributed by atoms with E-state index in [0.717, 1.165) is 19.4 Å². The topological polar surface area (TPSA) is 18.5 Å². The maximum Gasteiger partial charge on any atom is 0.216 e. The molecule has 0 heterocycles. The third kappa shape index (κ3) is 13.5. The smallest absolute Gasteiger partial charge is 0.216 e. The first-order valence-corrected chi connectivity index (χ1v) is 4.56. The summed E-state index contributed by atoms with van der Waals surface area (Å²) in [4.78, 5) is 0. The summed E-state index contributed by atoms with van der Waals surface area (Å²) in [6, 6.07) is 0. The number of rotatable bonds is 6. The molecule has 2 nitrogen and oxygen atoms in total. The molecule has 0 radical (unpaired) electrons. The first-order chi connectivity index (χ1) is 5.27. The van der Waals surface area contributed by atoms with Gasteiger partial charge in [-0.15, -0.1) is 0 Å². The summed E-state index contributed by atoms with van der Waals surface area (Å²) >= 11 is 8.38. The van der Waals surface area contributed by atoms with Crippen molar-refractivity contribution in [3.63, 3.8) is 0 Å². The van der Waals surface area contributed by atoms with Crippen LogP contribution in [0.5, 0.6) is 0 Å². The zero-order valence-electron chi connectivity index (χ0n) is 7.02. The van der Waals surface area contributed by atoms with Crippen LogP contribution >= 0.6 is 24.8 Å². The van der Waals surface area contributed by atoms with Gasteiger partial charge in [-0.1, -0.05) is 26.0 Å². The van der Waals surface area contributed by atoms with Gasteiger partial charge in [-0.05, 0) is 18.6 Å². The fraction of sp³-hybridized carbons (Fsp3) is 0.857. The van der Waals surface area contributed by atoms with Crippen LogP contribution < -0.4 is 0 Å². The Kier molecular flexibility index (Phi) is 15.2. The maximum absolute atomic E-state index is 5.21. The van der Waals surface area contributed by atoms with E-state index in [1.165, 1.54) is 0 Å². The van der Waals surface area contributed by atoms with Crippen molar-refractivity contribution in [1.29, 1.82) is 0 Å². The summed E-state index contributed by atoms with van der Waals surface area (Å²) in [5.74, 6) is 0. The molecule has 0 aliphatic heterocycles. The van der Waals surface area contributed by atoms with E-state index in [2.05, 4.69) is 31.8 Å². The Morgan fingerprint density at radius 1 is 1.33 bits per heavy atom. The molecule has 0 saturated carbocycles. The van der Waals surface area contributed by atoms with Crippen LogP contribution in [0.4, 0.5) is 0 Å². The van der Waals surface area contributed by atoms with E-state index in [1.54, 1.807) is 0 Å². The summed E-state index contributed by atoms with van der Waals surface area (Å²) in [6.45, 7) is 4.04. The Morgan fingerprint density at radius 3 is 2.50 bits per heavy atom. The van der Waals surface area contributed by atoms with E-state index in [1.807, 2.05) is 0 Å². The molecule has 0 atom stereocenters. The predicted molar refractivity (Wildman–Crippen MR) is 53.3 cm³/mol. The molecule has 76 valence electrons. The molecule has 0 aromatic heterocycles. The van der Waals surface area contributed by atoms with Crippen LogP contribution in [0, 0.1) is 0 Å². The summed E-state index contributed by atoms with van der Waals surface area (Å²) in [7, 11) is 0. The van der Waals surface area contributed by atoms with E-state index >= 15 is 0 Å². The number of hydrogen-bond donors (Lipinski definition) is 1. The summed E-state index contributed by atoms with van der Waals surface area (Å²) < 4.78 is 10.4. The Balaban J connectivity index is 0. The molecular weight excluding hydrogens is 375 g/mol. The second-order valence-corrected chi connectivity index (χ2v) is 3.16. The number of thiocarbonyl (C=S) groups is 1. The van der Waals surface area contributed by atoms with Gasteiger partial charge in [0.05, 0.1) is 6.61 Å². The van der Waals surface area contributed by atoms with Gasteiger partial charge in [0.15, 0.2) is 0 Å². The van der Waals surface area contributed by atoms with Gasteiger partial charge >= 0.3 is 0 Å². The molecular formula is C7H14O2PtS2. The molecule has 0 fully saturated rings. The van der Waals surface area contributed by atoms with Crippen LogP contribution in [0.3, 0.4) is 0 Å². The van der Waals surface area contributed by atoms with Gasteiger partial charge in [-0.2, -0.15) is 0 Å². The van der Waals surface area contributed by atoms with Crippen LogP contribution in [-0.2, 0) is 30.5 Å². The van der Waals surface area contributed by atoms with Crippen molar-refractivity contribution in [3.8, 4) is 0 Å². The first-order valence-electron chi connectivity index (χ1n) is 3.70. The molecule has 0 aromatic rings. The zero-order valence-corrected chi connectivity index (χ0v) is 11.0. The number of ether oxygens (including phenoxy) is 2. The molecule has 0 aliphatic carbocycles. The van der Waals surface area contributed by atoms with Gasteiger partial charge in [0, 0.05) is 27.7 Å².